The molecule has 0 aliphatic rings. The second-order valence-electron chi connectivity index (χ2n) is 5.12. The van der Waals surface area contributed by atoms with Crippen molar-refractivity contribution >= 4 is 34.7 Å². The number of nitro groups is 2. The third-order valence-electron chi connectivity index (χ3n) is 3.27. The van der Waals surface area contributed by atoms with Crippen LogP contribution in [0.1, 0.15) is 0 Å². The molecule has 0 fully saturated rings. The van der Waals surface area contributed by atoms with Gasteiger partial charge in [-0.2, -0.15) is 0 Å². The number of nitro benzene ring substituents is 2. The molecule has 136 valence electrons. The molecule has 0 heterocycles. The normalized spacial score (nSPS) is 10.2. The summed E-state index contributed by atoms with van der Waals surface area (Å²) in [7, 11) is 0. The van der Waals surface area contributed by atoms with Gasteiger partial charge < -0.3 is 10.6 Å². The van der Waals surface area contributed by atoms with E-state index in [4.69, 9.17) is 0 Å². The van der Waals surface area contributed by atoms with Crippen molar-refractivity contribution in [3.63, 3.8) is 0 Å². The van der Waals surface area contributed by atoms with Crippen LogP contribution in [0, 0.1) is 20.2 Å². The molecule has 0 saturated heterocycles. The van der Waals surface area contributed by atoms with Crippen LogP contribution < -0.4 is 10.6 Å². The van der Waals surface area contributed by atoms with E-state index in [-0.39, 0.29) is 23.0 Å². The van der Waals surface area contributed by atoms with E-state index in [1.807, 2.05) is 0 Å². The number of nitrogens with one attached hydrogen (secondary N) is 2. The Morgan fingerprint density at radius 3 is 1.96 bits per heavy atom. The average Bonchev–Trinajstić information content (AvgIpc) is 2.64. The van der Waals surface area contributed by atoms with Crippen molar-refractivity contribution < 1.29 is 14.6 Å². The molecule has 26 heavy (non-hydrogen) atoms. The van der Waals surface area contributed by atoms with E-state index < -0.39 is 9.85 Å². The summed E-state index contributed by atoms with van der Waals surface area (Å²) in [5.41, 5.74) is 0.758. The van der Waals surface area contributed by atoms with Crippen molar-refractivity contribution in [1.29, 1.82) is 0 Å². The fourth-order valence-corrected chi connectivity index (χ4v) is 2.70. The van der Waals surface area contributed by atoms with Crippen molar-refractivity contribution in [2.75, 3.05) is 24.2 Å². The Bertz CT molecular complexity index is 780. The quantitative estimate of drug-likeness (QED) is 0.298. The molecule has 2 rings (SSSR count). The number of thioether (sulfide) groups is 1. The van der Waals surface area contributed by atoms with Gasteiger partial charge in [0.05, 0.1) is 15.6 Å². The maximum Gasteiger partial charge on any atom is 0.269 e. The van der Waals surface area contributed by atoms with Gasteiger partial charge in [0, 0.05) is 47.9 Å². The molecule has 0 aliphatic carbocycles. The molecule has 0 aliphatic heterocycles. The first kappa shape index (κ1) is 19.2. The van der Waals surface area contributed by atoms with Gasteiger partial charge in [-0.3, -0.25) is 25.0 Å². The highest BCUT2D eigenvalue weighted by Crippen LogP contribution is 2.21. The highest BCUT2D eigenvalue weighted by molar-refractivity contribution is 8.00. The summed E-state index contributed by atoms with van der Waals surface area (Å²) >= 11 is 1.29. The summed E-state index contributed by atoms with van der Waals surface area (Å²) < 4.78 is 0. The topological polar surface area (TPSA) is 127 Å². The zero-order chi connectivity index (χ0) is 18.9. The predicted octanol–water partition coefficient (Wildman–Crippen LogP) is 2.82. The molecular formula is C16H16N4O5S. The molecule has 9 nitrogen and oxygen atoms in total. The van der Waals surface area contributed by atoms with E-state index in [0.29, 0.717) is 13.1 Å². The lowest BCUT2D eigenvalue weighted by Crippen LogP contribution is -2.30. The smallest absolute Gasteiger partial charge is 0.269 e. The van der Waals surface area contributed by atoms with Crippen LogP contribution in [0.2, 0.25) is 0 Å². The maximum absolute atomic E-state index is 11.8. The maximum atomic E-state index is 11.8. The summed E-state index contributed by atoms with van der Waals surface area (Å²) in [4.78, 5) is 32.8. The molecule has 0 radical (unpaired) electrons. The Hall–Kier alpha value is -3.14. The second-order valence-corrected chi connectivity index (χ2v) is 6.17. The fourth-order valence-electron chi connectivity index (χ4n) is 1.97. The Morgan fingerprint density at radius 1 is 0.885 bits per heavy atom. The van der Waals surface area contributed by atoms with Crippen LogP contribution in [0.25, 0.3) is 0 Å². The zero-order valence-electron chi connectivity index (χ0n) is 13.6. The highest BCUT2D eigenvalue weighted by Gasteiger charge is 2.07. The minimum Gasteiger partial charge on any atom is -0.383 e. The molecule has 2 aromatic carbocycles. The number of anilines is 1. The van der Waals surface area contributed by atoms with E-state index in [1.165, 1.54) is 36.0 Å². The SMILES string of the molecule is O=C(CSc1ccc([N+](=O)[O-])cc1)NCCNc1ccc([N+](=O)[O-])cc1. The number of amides is 1. The van der Waals surface area contributed by atoms with E-state index in [0.717, 1.165) is 10.6 Å². The van der Waals surface area contributed by atoms with Gasteiger partial charge >= 0.3 is 0 Å². The minimum absolute atomic E-state index is 0.0103. The standard InChI is InChI=1S/C16H16N4O5S/c21-16(11-26-15-7-5-14(6-8-15)20(24)25)18-10-9-17-12-1-3-13(4-2-12)19(22)23/h1-8,17H,9-11H2,(H,18,21). The van der Waals surface area contributed by atoms with Crippen molar-refractivity contribution in [3.05, 3.63) is 68.8 Å². The third kappa shape index (κ3) is 6.06. The molecule has 2 N–H and O–H groups in total. The molecule has 0 bridgehead atoms. The summed E-state index contributed by atoms with van der Waals surface area (Å²) in [6, 6.07) is 12.0. The number of nitrogens with zero attached hydrogens (tertiary/aromatic N) is 2. The lowest BCUT2D eigenvalue weighted by molar-refractivity contribution is -0.385. The Labute approximate surface area is 153 Å². The molecule has 0 aromatic heterocycles. The van der Waals surface area contributed by atoms with Gasteiger partial charge in [-0.1, -0.05) is 0 Å². The van der Waals surface area contributed by atoms with Gasteiger partial charge in [0.2, 0.25) is 5.91 Å². The van der Waals surface area contributed by atoms with E-state index >= 15 is 0 Å². The Kier molecular flexibility index (Phi) is 6.92. The van der Waals surface area contributed by atoms with Crippen LogP contribution in [0.3, 0.4) is 0 Å². The minimum atomic E-state index is -0.473. The van der Waals surface area contributed by atoms with Gasteiger partial charge in [-0.05, 0) is 24.3 Å². The molecule has 1 amide bonds. The van der Waals surface area contributed by atoms with Crippen LogP contribution in [0.4, 0.5) is 17.1 Å². The molecule has 10 heteroatoms. The van der Waals surface area contributed by atoms with Crippen molar-refractivity contribution in [2.24, 2.45) is 0 Å². The van der Waals surface area contributed by atoms with E-state index in [1.54, 1.807) is 24.3 Å². The van der Waals surface area contributed by atoms with Crippen LogP contribution in [-0.4, -0.2) is 34.6 Å². The van der Waals surface area contributed by atoms with E-state index in [2.05, 4.69) is 10.6 Å². The van der Waals surface area contributed by atoms with Gasteiger partial charge in [0.15, 0.2) is 0 Å². The summed E-state index contributed by atoms with van der Waals surface area (Å²) in [6.07, 6.45) is 0. The van der Waals surface area contributed by atoms with Crippen LogP contribution >= 0.6 is 11.8 Å². The molecule has 0 unspecified atom stereocenters. The molecule has 0 saturated carbocycles. The number of hydrogen-bond donors (Lipinski definition) is 2. The van der Waals surface area contributed by atoms with Gasteiger partial charge in [-0.25, -0.2) is 0 Å². The summed E-state index contributed by atoms with van der Waals surface area (Å²) in [6.45, 7) is 0.877. The van der Waals surface area contributed by atoms with Crippen LogP contribution in [0.5, 0.6) is 0 Å². The molecule has 0 atom stereocenters. The lowest BCUT2D eigenvalue weighted by atomic mass is 10.3. The Morgan fingerprint density at radius 2 is 1.42 bits per heavy atom. The number of hydrogen-bond acceptors (Lipinski definition) is 7. The average molecular weight is 376 g/mol. The first-order chi connectivity index (χ1) is 12.5. The number of carbonyl (C=O) groups excluding carboxylic acids is 1. The number of benzene rings is 2. The first-order valence-electron chi connectivity index (χ1n) is 7.58. The first-order valence-corrected chi connectivity index (χ1v) is 8.56. The number of rotatable bonds is 9. The largest absolute Gasteiger partial charge is 0.383 e. The van der Waals surface area contributed by atoms with Gasteiger partial charge in [-0.15, -0.1) is 11.8 Å². The van der Waals surface area contributed by atoms with Gasteiger partial charge in [0.1, 0.15) is 0 Å². The second kappa shape index (κ2) is 9.37. The predicted molar refractivity (Wildman–Crippen MR) is 98.4 cm³/mol. The zero-order valence-corrected chi connectivity index (χ0v) is 14.4. The molecular weight excluding hydrogens is 360 g/mol. The lowest BCUT2D eigenvalue weighted by Gasteiger charge is -2.08. The number of non-ortho nitro benzene ring substituents is 2. The number of carbonyl (C=O) groups is 1. The van der Waals surface area contributed by atoms with Crippen molar-refractivity contribution in [1.82, 2.24) is 5.32 Å². The highest BCUT2D eigenvalue weighted by atomic mass is 32.2. The van der Waals surface area contributed by atoms with Crippen molar-refractivity contribution in [3.8, 4) is 0 Å². The van der Waals surface area contributed by atoms with Crippen LogP contribution in [0.15, 0.2) is 53.4 Å². The summed E-state index contributed by atoms with van der Waals surface area (Å²) in [5, 5.41) is 26.9. The van der Waals surface area contributed by atoms with E-state index in [9.17, 15) is 25.0 Å². The van der Waals surface area contributed by atoms with Crippen molar-refractivity contribution in [2.45, 2.75) is 4.90 Å². The summed E-state index contributed by atoms with van der Waals surface area (Å²) in [5.74, 6) is 0.0499. The monoisotopic (exact) mass is 376 g/mol. The Balaban J connectivity index is 1.65. The molecule has 0 spiro atoms. The molecule has 2 aromatic rings. The van der Waals surface area contributed by atoms with Gasteiger partial charge in [0.25, 0.3) is 11.4 Å². The third-order valence-corrected chi connectivity index (χ3v) is 4.28. The van der Waals surface area contributed by atoms with Crippen LogP contribution in [-0.2, 0) is 4.79 Å². The fraction of sp³-hybridized carbons (Fsp3) is 0.188.